The summed E-state index contributed by atoms with van der Waals surface area (Å²) in [5, 5.41) is 0. The summed E-state index contributed by atoms with van der Waals surface area (Å²) < 4.78 is 16.8. The second-order valence-electron chi connectivity index (χ2n) is 19.8. The quantitative estimate of drug-likeness (QED) is 0.0344. The van der Waals surface area contributed by atoms with Crippen LogP contribution in [0.3, 0.4) is 0 Å². The highest BCUT2D eigenvalue weighted by Gasteiger charge is 2.19. The Morgan fingerprint density at radius 3 is 0.803 bits per heavy atom. The van der Waals surface area contributed by atoms with Crippen LogP contribution >= 0.6 is 0 Å². The van der Waals surface area contributed by atoms with Crippen molar-refractivity contribution in [3.05, 3.63) is 0 Å². The van der Waals surface area contributed by atoms with Crippen molar-refractivity contribution in [1.82, 2.24) is 0 Å². The van der Waals surface area contributed by atoms with Crippen molar-refractivity contribution in [3.8, 4) is 0 Å². The Morgan fingerprint density at radius 2 is 0.541 bits per heavy atom. The Morgan fingerprint density at radius 1 is 0.311 bits per heavy atom. The number of carbonyl (C=O) groups is 3. The summed E-state index contributed by atoms with van der Waals surface area (Å²) in [6.45, 7) is 11.4. The van der Waals surface area contributed by atoms with Gasteiger partial charge in [-0.15, -0.1) is 0 Å². The lowest BCUT2D eigenvalue weighted by Gasteiger charge is -2.18. The zero-order valence-corrected chi connectivity index (χ0v) is 41.8. The number of rotatable bonds is 49. The molecule has 0 aromatic heterocycles. The van der Waals surface area contributed by atoms with Gasteiger partial charge in [0.25, 0.3) is 0 Å². The van der Waals surface area contributed by atoms with E-state index in [1.54, 1.807) is 0 Å². The summed E-state index contributed by atoms with van der Waals surface area (Å²) >= 11 is 0. The minimum atomic E-state index is -0.761. The van der Waals surface area contributed by atoms with Crippen molar-refractivity contribution >= 4 is 17.9 Å². The van der Waals surface area contributed by atoms with Crippen molar-refractivity contribution in [2.45, 2.75) is 310 Å². The first-order valence-electron chi connectivity index (χ1n) is 27.2. The van der Waals surface area contributed by atoms with Gasteiger partial charge in [0.15, 0.2) is 6.10 Å². The first-order valence-corrected chi connectivity index (χ1v) is 27.2. The molecular formula is C55H106O6. The molecule has 0 N–H and O–H groups in total. The third-order valence-electron chi connectivity index (χ3n) is 12.5. The molecule has 0 aliphatic heterocycles. The predicted molar refractivity (Wildman–Crippen MR) is 261 cm³/mol. The fraction of sp³-hybridized carbons (Fsp3) is 0.945. The monoisotopic (exact) mass is 863 g/mol. The summed E-state index contributed by atoms with van der Waals surface area (Å²) in [5.41, 5.74) is 0. The Kier molecular flexibility index (Phi) is 46.6. The van der Waals surface area contributed by atoms with Gasteiger partial charge in [-0.2, -0.15) is 0 Å². The largest absolute Gasteiger partial charge is 0.462 e. The topological polar surface area (TPSA) is 78.9 Å². The number of ether oxygens (including phenoxy) is 3. The van der Waals surface area contributed by atoms with Gasteiger partial charge in [-0.05, 0) is 31.1 Å². The third kappa shape index (κ3) is 49.3. The molecule has 0 spiro atoms. The van der Waals surface area contributed by atoms with Crippen molar-refractivity contribution < 1.29 is 28.6 Å². The van der Waals surface area contributed by atoms with Gasteiger partial charge in [0, 0.05) is 19.3 Å². The summed E-state index contributed by atoms with van der Waals surface area (Å²) in [6, 6.07) is 0. The molecule has 6 nitrogen and oxygen atoms in total. The Labute approximate surface area is 380 Å². The van der Waals surface area contributed by atoms with Gasteiger partial charge < -0.3 is 14.2 Å². The molecule has 0 fully saturated rings. The number of unbranched alkanes of at least 4 members (excludes halogenated alkanes) is 34. The van der Waals surface area contributed by atoms with E-state index in [-0.39, 0.29) is 31.1 Å². The van der Waals surface area contributed by atoms with Crippen molar-refractivity contribution in [1.29, 1.82) is 0 Å². The zero-order valence-electron chi connectivity index (χ0n) is 41.8. The molecule has 0 bridgehead atoms. The second-order valence-corrected chi connectivity index (χ2v) is 19.8. The van der Waals surface area contributed by atoms with E-state index in [1.807, 2.05) is 0 Å². The van der Waals surface area contributed by atoms with Crippen LogP contribution in [0.1, 0.15) is 304 Å². The molecule has 6 heteroatoms. The first kappa shape index (κ1) is 59.4. The highest BCUT2D eigenvalue weighted by atomic mass is 16.6. The maximum atomic E-state index is 12.8. The highest BCUT2D eigenvalue weighted by molar-refractivity contribution is 5.71. The van der Waals surface area contributed by atoms with Crippen LogP contribution in [0.2, 0.25) is 0 Å². The molecule has 0 amide bonds. The van der Waals surface area contributed by atoms with Crippen LogP contribution in [0, 0.1) is 11.8 Å². The van der Waals surface area contributed by atoms with Crippen LogP contribution in [-0.4, -0.2) is 37.2 Å². The van der Waals surface area contributed by atoms with Crippen LogP contribution in [0.4, 0.5) is 0 Å². The molecule has 61 heavy (non-hydrogen) atoms. The van der Waals surface area contributed by atoms with Gasteiger partial charge in [-0.25, -0.2) is 0 Å². The van der Waals surface area contributed by atoms with E-state index >= 15 is 0 Å². The van der Waals surface area contributed by atoms with E-state index in [0.717, 1.165) is 69.6 Å². The van der Waals surface area contributed by atoms with Gasteiger partial charge in [0.1, 0.15) is 13.2 Å². The van der Waals surface area contributed by atoms with Gasteiger partial charge >= 0.3 is 17.9 Å². The molecule has 0 aromatic carbocycles. The summed E-state index contributed by atoms with van der Waals surface area (Å²) in [5.74, 6) is 0.824. The summed E-state index contributed by atoms with van der Waals surface area (Å²) in [6.07, 6.45) is 49.5. The fourth-order valence-corrected chi connectivity index (χ4v) is 8.34. The lowest BCUT2D eigenvalue weighted by atomic mass is 10.0. The van der Waals surface area contributed by atoms with E-state index in [1.165, 1.54) is 193 Å². The number of carbonyl (C=O) groups excluding carboxylic acids is 3. The van der Waals surface area contributed by atoms with Crippen LogP contribution in [0.5, 0.6) is 0 Å². The third-order valence-corrected chi connectivity index (χ3v) is 12.5. The maximum absolute atomic E-state index is 12.8. The molecule has 1 atom stereocenters. The van der Waals surface area contributed by atoms with Crippen molar-refractivity contribution in [2.75, 3.05) is 13.2 Å². The maximum Gasteiger partial charge on any atom is 0.306 e. The molecule has 0 aliphatic carbocycles. The van der Waals surface area contributed by atoms with Gasteiger partial charge in [0.2, 0.25) is 0 Å². The lowest BCUT2D eigenvalue weighted by molar-refractivity contribution is -0.167. The second kappa shape index (κ2) is 47.9. The minimum absolute atomic E-state index is 0.0633. The number of esters is 3. The van der Waals surface area contributed by atoms with Crippen LogP contribution in [-0.2, 0) is 28.6 Å². The Bertz CT molecular complexity index is 931. The molecule has 0 heterocycles. The van der Waals surface area contributed by atoms with Crippen LogP contribution in [0.25, 0.3) is 0 Å². The molecule has 0 rings (SSSR count). The standard InChI is InChI=1S/C55H106O6/c1-6-7-8-9-10-11-18-25-30-35-40-45-53(56)59-48-52(61-55(58)47-42-37-32-27-22-21-24-29-34-39-44-51(4)5)49-60-54(57)46-41-36-31-26-20-17-15-13-12-14-16-19-23-28-33-38-43-50(2)3/h50-52H,6-49H2,1-5H3/t52-/m0/s1. The fourth-order valence-electron chi connectivity index (χ4n) is 8.34. The minimum Gasteiger partial charge on any atom is -0.462 e. The molecule has 0 aromatic rings. The highest BCUT2D eigenvalue weighted by Crippen LogP contribution is 2.18. The molecule has 0 saturated carbocycles. The normalized spacial score (nSPS) is 12.0. The van der Waals surface area contributed by atoms with Gasteiger partial charge in [-0.1, -0.05) is 266 Å². The molecule has 0 saturated heterocycles. The zero-order chi connectivity index (χ0) is 44.7. The van der Waals surface area contributed by atoms with Gasteiger partial charge in [0.05, 0.1) is 0 Å². The molecular weight excluding hydrogens is 757 g/mol. The van der Waals surface area contributed by atoms with E-state index in [9.17, 15) is 14.4 Å². The molecule has 0 unspecified atom stereocenters. The first-order chi connectivity index (χ1) is 29.7. The van der Waals surface area contributed by atoms with E-state index in [2.05, 4.69) is 34.6 Å². The average molecular weight is 863 g/mol. The SMILES string of the molecule is CCCCCCCCCCCCCC(=O)OC[C@@H](COC(=O)CCCCCCCCCCCCCCCCCCC(C)C)OC(=O)CCCCCCCCCCCCC(C)C. The summed E-state index contributed by atoms with van der Waals surface area (Å²) in [7, 11) is 0. The van der Waals surface area contributed by atoms with E-state index < -0.39 is 6.10 Å². The van der Waals surface area contributed by atoms with Crippen molar-refractivity contribution in [3.63, 3.8) is 0 Å². The van der Waals surface area contributed by atoms with Gasteiger partial charge in [-0.3, -0.25) is 14.4 Å². The Hall–Kier alpha value is -1.59. The number of hydrogen-bond acceptors (Lipinski definition) is 6. The van der Waals surface area contributed by atoms with Crippen molar-refractivity contribution in [2.24, 2.45) is 11.8 Å². The molecule has 0 radical (unpaired) electrons. The molecule has 0 aliphatic rings. The summed E-state index contributed by atoms with van der Waals surface area (Å²) in [4.78, 5) is 38.0. The predicted octanol–water partition coefficient (Wildman–Crippen LogP) is 17.7. The number of hydrogen-bond donors (Lipinski definition) is 0. The lowest BCUT2D eigenvalue weighted by Crippen LogP contribution is -2.30. The van der Waals surface area contributed by atoms with Crippen LogP contribution < -0.4 is 0 Å². The van der Waals surface area contributed by atoms with Crippen LogP contribution in [0.15, 0.2) is 0 Å². The van der Waals surface area contributed by atoms with E-state index in [0.29, 0.717) is 19.3 Å². The average Bonchev–Trinajstić information content (AvgIpc) is 3.23. The smallest absolute Gasteiger partial charge is 0.306 e. The Balaban J connectivity index is 4.25. The molecule has 362 valence electrons. The van der Waals surface area contributed by atoms with E-state index in [4.69, 9.17) is 14.2 Å².